The average Bonchev–Trinajstić information content (AvgIpc) is 2.67. The predicted octanol–water partition coefficient (Wildman–Crippen LogP) is 4.49. The van der Waals surface area contributed by atoms with E-state index in [2.05, 4.69) is 15.6 Å². The van der Waals surface area contributed by atoms with Gasteiger partial charge in [0.2, 0.25) is 5.82 Å². The number of aromatic nitrogens is 1. The quantitative estimate of drug-likeness (QED) is 0.473. The number of pyridine rings is 1. The van der Waals surface area contributed by atoms with Crippen molar-refractivity contribution in [2.24, 2.45) is 0 Å². The van der Waals surface area contributed by atoms with E-state index in [0.29, 0.717) is 12.4 Å². The van der Waals surface area contributed by atoms with Gasteiger partial charge in [0, 0.05) is 19.2 Å². The van der Waals surface area contributed by atoms with Crippen LogP contribution in [0, 0.1) is 21.7 Å². The average molecular weight is 370 g/mol. The van der Waals surface area contributed by atoms with Crippen molar-refractivity contribution in [2.75, 3.05) is 10.6 Å². The first kappa shape index (κ1) is 18.2. The van der Waals surface area contributed by atoms with Crippen LogP contribution in [0.2, 0.25) is 0 Å². The lowest BCUT2D eigenvalue weighted by Crippen LogP contribution is -2.08. The molecule has 0 amide bonds. The highest BCUT2D eigenvalue weighted by Gasteiger charge is 2.16. The molecule has 138 valence electrons. The van der Waals surface area contributed by atoms with Gasteiger partial charge in [0.1, 0.15) is 17.5 Å². The van der Waals surface area contributed by atoms with Gasteiger partial charge >= 0.3 is 5.69 Å². The largest absolute Gasteiger partial charge is 0.366 e. The number of halogens is 2. The smallest absolute Gasteiger partial charge is 0.311 e. The number of hydrogen-bond acceptors (Lipinski definition) is 5. The van der Waals surface area contributed by atoms with E-state index in [-0.39, 0.29) is 29.7 Å². The lowest BCUT2D eigenvalue weighted by atomic mass is 10.2. The Labute approximate surface area is 154 Å². The molecule has 3 aromatic rings. The molecule has 0 radical (unpaired) electrons. The lowest BCUT2D eigenvalue weighted by Gasteiger charge is -2.10. The van der Waals surface area contributed by atoms with Crippen LogP contribution >= 0.6 is 0 Å². The minimum Gasteiger partial charge on any atom is -0.366 e. The molecule has 6 nitrogen and oxygen atoms in total. The van der Waals surface area contributed by atoms with Gasteiger partial charge in [0.15, 0.2) is 0 Å². The molecule has 0 saturated carbocycles. The van der Waals surface area contributed by atoms with Gasteiger partial charge in [-0.25, -0.2) is 13.8 Å². The van der Waals surface area contributed by atoms with E-state index in [1.54, 1.807) is 24.3 Å². The third-order valence-corrected chi connectivity index (χ3v) is 3.83. The standard InChI is InChI=1S/C19H16F2N4O2/c20-15-5-1-13(2-6-15)11-22-18-10-9-17(25(26)27)19(24-18)23-12-14-3-7-16(21)8-4-14/h1-10H,11-12H2,(H2,22,23,24). The second-order valence-corrected chi connectivity index (χ2v) is 5.78. The van der Waals surface area contributed by atoms with Gasteiger partial charge in [0.05, 0.1) is 4.92 Å². The molecule has 0 aliphatic carbocycles. The molecule has 1 aromatic heterocycles. The molecule has 0 fully saturated rings. The summed E-state index contributed by atoms with van der Waals surface area (Å²) in [5.74, 6) is -0.130. The highest BCUT2D eigenvalue weighted by molar-refractivity contribution is 5.60. The Hall–Kier alpha value is -3.55. The Morgan fingerprint density at radius 3 is 1.85 bits per heavy atom. The maximum atomic E-state index is 13.0. The maximum absolute atomic E-state index is 13.0. The molecule has 1 heterocycles. The summed E-state index contributed by atoms with van der Waals surface area (Å²) in [4.78, 5) is 14.9. The van der Waals surface area contributed by atoms with Crippen molar-refractivity contribution in [1.82, 2.24) is 4.98 Å². The van der Waals surface area contributed by atoms with E-state index in [1.165, 1.54) is 36.4 Å². The molecule has 0 bridgehead atoms. The molecule has 27 heavy (non-hydrogen) atoms. The molecular weight excluding hydrogens is 354 g/mol. The fourth-order valence-corrected chi connectivity index (χ4v) is 2.41. The van der Waals surface area contributed by atoms with Gasteiger partial charge < -0.3 is 10.6 Å². The summed E-state index contributed by atoms with van der Waals surface area (Å²) in [5.41, 5.74) is 1.44. The van der Waals surface area contributed by atoms with Crippen LogP contribution in [0.3, 0.4) is 0 Å². The first-order valence-corrected chi connectivity index (χ1v) is 8.13. The van der Waals surface area contributed by atoms with Crippen LogP contribution in [0.4, 0.5) is 26.1 Å². The van der Waals surface area contributed by atoms with Crippen molar-refractivity contribution in [1.29, 1.82) is 0 Å². The predicted molar refractivity (Wildman–Crippen MR) is 98.3 cm³/mol. The molecular formula is C19H16F2N4O2. The van der Waals surface area contributed by atoms with Gasteiger partial charge in [0.25, 0.3) is 0 Å². The number of anilines is 2. The Morgan fingerprint density at radius 1 is 0.815 bits per heavy atom. The maximum Gasteiger partial charge on any atom is 0.311 e. The van der Waals surface area contributed by atoms with Gasteiger partial charge in [-0.3, -0.25) is 10.1 Å². The fraction of sp³-hybridized carbons (Fsp3) is 0.105. The monoisotopic (exact) mass is 370 g/mol. The number of benzene rings is 2. The number of hydrogen-bond donors (Lipinski definition) is 2. The van der Waals surface area contributed by atoms with Crippen LogP contribution in [0.5, 0.6) is 0 Å². The van der Waals surface area contributed by atoms with Crippen LogP contribution in [-0.4, -0.2) is 9.91 Å². The minimum atomic E-state index is -0.524. The Morgan fingerprint density at radius 2 is 1.33 bits per heavy atom. The normalized spacial score (nSPS) is 10.4. The molecule has 0 saturated heterocycles. The third-order valence-electron chi connectivity index (χ3n) is 3.83. The van der Waals surface area contributed by atoms with Gasteiger partial charge in [-0.05, 0) is 41.5 Å². The van der Waals surface area contributed by atoms with Gasteiger partial charge in [-0.15, -0.1) is 0 Å². The summed E-state index contributed by atoms with van der Waals surface area (Å²) in [7, 11) is 0. The summed E-state index contributed by atoms with van der Waals surface area (Å²) < 4.78 is 25.9. The summed E-state index contributed by atoms with van der Waals surface area (Å²) in [5, 5.41) is 17.2. The molecule has 8 heteroatoms. The summed E-state index contributed by atoms with van der Waals surface area (Å²) in [6.07, 6.45) is 0. The summed E-state index contributed by atoms with van der Waals surface area (Å²) >= 11 is 0. The Bertz CT molecular complexity index is 931. The van der Waals surface area contributed by atoms with Crippen molar-refractivity contribution in [3.63, 3.8) is 0 Å². The molecule has 0 aliphatic heterocycles. The minimum absolute atomic E-state index is 0.105. The lowest BCUT2D eigenvalue weighted by molar-refractivity contribution is -0.384. The van der Waals surface area contributed by atoms with Crippen molar-refractivity contribution >= 4 is 17.3 Å². The van der Waals surface area contributed by atoms with Gasteiger partial charge in [-0.2, -0.15) is 0 Å². The van der Waals surface area contributed by atoms with Crippen LogP contribution < -0.4 is 10.6 Å². The zero-order valence-electron chi connectivity index (χ0n) is 14.2. The van der Waals surface area contributed by atoms with Crippen molar-refractivity contribution in [3.8, 4) is 0 Å². The van der Waals surface area contributed by atoms with E-state index >= 15 is 0 Å². The van der Waals surface area contributed by atoms with Crippen molar-refractivity contribution in [2.45, 2.75) is 13.1 Å². The van der Waals surface area contributed by atoms with E-state index < -0.39 is 4.92 Å². The van der Waals surface area contributed by atoms with E-state index in [4.69, 9.17) is 0 Å². The van der Waals surface area contributed by atoms with Crippen LogP contribution in [0.25, 0.3) is 0 Å². The molecule has 0 unspecified atom stereocenters. The number of rotatable bonds is 7. The first-order valence-electron chi connectivity index (χ1n) is 8.13. The molecule has 0 spiro atoms. The third kappa shape index (κ3) is 4.97. The first-order chi connectivity index (χ1) is 13.0. The Balaban J connectivity index is 1.72. The zero-order valence-corrected chi connectivity index (χ0v) is 14.2. The van der Waals surface area contributed by atoms with Crippen LogP contribution in [0.1, 0.15) is 11.1 Å². The number of nitrogens with one attached hydrogen (secondary N) is 2. The zero-order chi connectivity index (χ0) is 19.2. The van der Waals surface area contributed by atoms with Crippen molar-refractivity contribution < 1.29 is 13.7 Å². The SMILES string of the molecule is O=[N+]([O-])c1ccc(NCc2ccc(F)cc2)nc1NCc1ccc(F)cc1. The van der Waals surface area contributed by atoms with Gasteiger partial charge in [-0.1, -0.05) is 24.3 Å². The van der Waals surface area contributed by atoms with E-state index in [1.807, 2.05) is 0 Å². The molecule has 2 aromatic carbocycles. The summed E-state index contributed by atoms with van der Waals surface area (Å²) in [6, 6.07) is 14.7. The second-order valence-electron chi connectivity index (χ2n) is 5.78. The highest BCUT2D eigenvalue weighted by Crippen LogP contribution is 2.25. The second kappa shape index (κ2) is 8.22. The molecule has 0 aliphatic rings. The topological polar surface area (TPSA) is 80.1 Å². The van der Waals surface area contributed by atoms with Crippen LogP contribution in [0.15, 0.2) is 60.7 Å². The molecule has 2 N–H and O–H groups in total. The van der Waals surface area contributed by atoms with E-state index in [0.717, 1.165) is 11.1 Å². The van der Waals surface area contributed by atoms with E-state index in [9.17, 15) is 18.9 Å². The summed E-state index contributed by atoms with van der Waals surface area (Å²) in [6.45, 7) is 0.651. The highest BCUT2D eigenvalue weighted by atomic mass is 19.1. The number of nitrogens with zero attached hydrogens (tertiary/aromatic N) is 2. The fourth-order valence-electron chi connectivity index (χ4n) is 2.41. The van der Waals surface area contributed by atoms with Crippen LogP contribution in [-0.2, 0) is 13.1 Å². The molecule has 0 atom stereocenters. The number of nitro groups is 1. The Kier molecular flexibility index (Phi) is 5.55. The molecule has 3 rings (SSSR count). The van der Waals surface area contributed by atoms with Crippen molar-refractivity contribution in [3.05, 3.63) is 93.5 Å².